The highest BCUT2D eigenvalue weighted by atomic mass is 35.5. The Bertz CT molecular complexity index is 1740. The molecule has 2 aromatic carbocycles. The number of morpholine rings is 1. The fourth-order valence-corrected chi connectivity index (χ4v) is 10.4. The molecule has 4 aliphatic rings. The van der Waals surface area contributed by atoms with E-state index >= 15 is 0 Å². The van der Waals surface area contributed by atoms with E-state index < -0.39 is 36.8 Å². The van der Waals surface area contributed by atoms with Crippen LogP contribution in [-0.4, -0.2) is 76.9 Å². The van der Waals surface area contributed by atoms with Crippen LogP contribution in [0.4, 0.5) is 5.69 Å². The number of hydrogen-bond donors (Lipinski definition) is 1. The van der Waals surface area contributed by atoms with E-state index in [9.17, 15) is 21.6 Å². The average Bonchev–Trinajstić information content (AvgIpc) is 3.04. The van der Waals surface area contributed by atoms with Gasteiger partial charge in [0, 0.05) is 36.8 Å². The SMILES string of the molecule is C[C@@H]1[C@@H](C)CCC[C@@]2(CN(S(C)(=O)=O)CCO2)[C@@H]2CC[C@H]2CN2CCCCc3cc(Cl)ccc3COc3ccc(cc32)C(=O)NS1(=O)=O. The Morgan fingerprint density at radius 2 is 1.81 bits per heavy atom. The fourth-order valence-electron chi connectivity index (χ4n) is 8.01. The van der Waals surface area contributed by atoms with Gasteiger partial charge in [0.2, 0.25) is 20.0 Å². The van der Waals surface area contributed by atoms with E-state index in [1.165, 1.54) is 6.26 Å². The third kappa shape index (κ3) is 7.52. The number of amides is 1. The Kier molecular flexibility index (Phi) is 10.4. The van der Waals surface area contributed by atoms with Crippen molar-refractivity contribution >= 4 is 43.2 Å². The standard InChI is InChI=1S/C35H48ClN3O7S2/c1-24-7-6-15-35(23-39(17-18-46-35)47(3,41)42)31-13-10-28(31)21-38-16-5-4-8-26-19-30(36)12-9-29(26)22-45-33-14-11-27(20-32(33)38)34(40)37-48(43,44)25(24)2/h9,11-12,14,19-20,24-25,28,31H,4-8,10,13,15-18,21-23H2,1-3H3,(H,37,40)/t24-,25+,28-,31+,35+/m0/s1. The largest absolute Gasteiger partial charge is 0.487 e. The maximum atomic E-state index is 13.5. The molecule has 48 heavy (non-hydrogen) atoms. The summed E-state index contributed by atoms with van der Waals surface area (Å²) in [5.41, 5.74) is 2.54. The molecule has 2 aromatic rings. The number of aryl methyl sites for hydroxylation is 1. The number of carbonyl (C=O) groups is 1. The van der Waals surface area contributed by atoms with Gasteiger partial charge < -0.3 is 14.4 Å². The second-order valence-electron chi connectivity index (χ2n) is 14.3. The van der Waals surface area contributed by atoms with Gasteiger partial charge in [0.05, 0.1) is 29.4 Å². The molecule has 3 aliphatic heterocycles. The first-order chi connectivity index (χ1) is 22.8. The molecule has 2 bridgehead atoms. The molecule has 1 N–H and O–H groups in total. The van der Waals surface area contributed by atoms with Crippen LogP contribution >= 0.6 is 11.6 Å². The maximum absolute atomic E-state index is 13.5. The Balaban J connectivity index is 1.41. The summed E-state index contributed by atoms with van der Waals surface area (Å²) in [7, 11) is -7.40. The van der Waals surface area contributed by atoms with E-state index in [-0.39, 0.29) is 23.3 Å². The summed E-state index contributed by atoms with van der Waals surface area (Å²) in [5.74, 6) is 0.0896. The van der Waals surface area contributed by atoms with E-state index in [0.29, 0.717) is 69.4 Å². The molecule has 264 valence electrons. The van der Waals surface area contributed by atoms with Crippen LogP contribution in [0.5, 0.6) is 5.75 Å². The Labute approximate surface area is 290 Å². The molecule has 2 fully saturated rings. The number of hydrogen-bond acceptors (Lipinski definition) is 8. The number of benzene rings is 2. The van der Waals surface area contributed by atoms with Gasteiger partial charge in [-0.2, -0.15) is 4.31 Å². The number of carbonyl (C=O) groups excluding carboxylic acids is 1. The highest BCUT2D eigenvalue weighted by Crippen LogP contribution is 2.49. The van der Waals surface area contributed by atoms with Crippen LogP contribution in [0, 0.1) is 17.8 Å². The van der Waals surface area contributed by atoms with Crippen molar-refractivity contribution in [3.63, 3.8) is 0 Å². The zero-order valence-corrected chi connectivity index (χ0v) is 30.5. The number of ether oxygens (including phenoxy) is 2. The van der Waals surface area contributed by atoms with E-state index in [1.807, 2.05) is 25.1 Å². The summed E-state index contributed by atoms with van der Waals surface area (Å²) in [6.45, 7) is 6.20. The van der Waals surface area contributed by atoms with Gasteiger partial charge in [0.15, 0.2) is 0 Å². The normalized spacial score (nSPS) is 30.5. The number of fused-ring (bicyclic) bond motifs is 4. The number of halogens is 1. The minimum absolute atomic E-state index is 0.131. The summed E-state index contributed by atoms with van der Waals surface area (Å²) in [4.78, 5) is 15.8. The van der Waals surface area contributed by atoms with Crippen molar-refractivity contribution in [3.05, 3.63) is 58.1 Å². The molecule has 1 saturated carbocycles. The van der Waals surface area contributed by atoms with Crippen LogP contribution in [0.3, 0.4) is 0 Å². The summed E-state index contributed by atoms with van der Waals surface area (Å²) < 4.78 is 69.5. The van der Waals surface area contributed by atoms with Gasteiger partial charge in [-0.15, -0.1) is 0 Å². The zero-order chi connectivity index (χ0) is 34.3. The molecule has 10 nitrogen and oxygen atoms in total. The predicted molar refractivity (Wildman–Crippen MR) is 188 cm³/mol. The maximum Gasteiger partial charge on any atom is 0.264 e. The van der Waals surface area contributed by atoms with Crippen molar-refractivity contribution in [3.8, 4) is 5.75 Å². The first kappa shape index (κ1) is 35.4. The first-order valence-electron chi connectivity index (χ1n) is 17.2. The van der Waals surface area contributed by atoms with Gasteiger partial charge in [0.1, 0.15) is 12.4 Å². The van der Waals surface area contributed by atoms with Crippen molar-refractivity contribution < 1.29 is 31.1 Å². The van der Waals surface area contributed by atoms with E-state index in [0.717, 1.165) is 48.9 Å². The monoisotopic (exact) mass is 721 g/mol. The van der Waals surface area contributed by atoms with Gasteiger partial charge in [-0.1, -0.05) is 31.0 Å². The molecule has 3 heterocycles. The van der Waals surface area contributed by atoms with Crippen LogP contribution in [0.15, 0.2) is 36.4 Å². The molecule has 5 atom stereocenters. The zero-order valence-electron chi connectivity index (χ0n) is 28.1. The van der Waals surface area contributed by atoms with Gasteiger partial charge >= 0.3 is 0 Å². The smallest absolute Gasteiger partial charge is 0.264 e. The number of rotatable bonds is 1. The van der Waals surface area contributed by atoms with E-state index in [2.05, 4.69) is 9.62 Å². The average molecular weight is 722 g/mol. The first-order valence-corrected chi connectivity index (χ1v) is 21.0. The van der Waals surface area contributed by atoms with Gasteiger partial charge in [0.25, 0.3) is 5.91 Å². The lowest BCUT2D eigenvalue weighted by Crippen LogP contribution is -2.61. The second-order valence-corrected chi connectivity index (χ2v) is 18.7. The molecule has 1 aliphatic carbocycles. The molecule has 1 amide bonds. The summed E-state index contributed by atoms with van der Waals surface area (Å²) in [6, 6.07) is 11.0. The molecule has 0 radical (unpaired) electrons. The Morgan fingerprint density at radius 1 is 1.00 bits per heavy atom. The molecule has 13 heteroatoms. The van der Waals surface area contributed by atoms with Crippen LogP contribution in [0.25, 0.3) is 0 Å². The Hall–Kier alpha value is -2.38. The number of nitrogens with zero attached hydrogens (tertiary/aromatic N) is 2. The van der Waals surface area contributed by atoms with Crippen LogP contribution in [0.1, 0.15) is 80.3 Å². The van der Waals surface area contributed by atoms with Crippen molar-refractivity contribution in [2.24, 2.45) is 17.8 Å². The lowest BCUT2D eigenvalue weighted by Gasteiger charge is -2.54. The van der Waals surface area contributed by atoms with Gasteiger partial charge in [-0.05, 0) is 111 Å². The lowest BCUT2D eigenvalue weighted by molar-refractivity contribution is -0.165. The summed E-state index contributed by atoms with van der Waals surface area (Å²) in [5, 5.41) is -0.122. The Morgan fingerprint density at radius 3 is 2.56 bits per heavy atom. The molecule has 1 spiro atoms. The number of nitrogens with one attached hydrogen (secondary N) is 1. The highest BCUT2D eigenvalue weighted by molar-refractivity contribution is 7.90. The minimum Gasteiger partial charge on any atom is -0.487 e. The molecule has 6 rings (SSSR count). The predicted octanol–water partition coefficient (Wildman–Crippen LogP) is 5.39. The topological polar surface area (TPSA) is 122 Å². The molecular weight excluding hydrogens is 674 g/mol. The fraction of sp³-hybridized carbons (Fsp3) is 0.629. The van der Waals surface area contributed by atoms with Crippen molar-refractivity contribution in [1.29, 1.82) is 0 Å². The quantitative estimate of drug-likeness (QED) is 0.417. The molecule has 0 unspecified atom stereocenters. The van der Waals surface area contributed by atoms with Crippen molar-refractivity contribution in [2.45, 2.75) is 82.7 Å². The van der Waals surface area contributed by atoms with Gasteiger partial charge in [-0.25, -0.2) is 21.6 Å². The second kappa shape index (κ2) is 14.1. The third-order valence-electron chi connectivity index (χ3n) is 11.2. The minimum atomic E-state index is -3.98. The van der Waals surface area contributed by atoms with Crippen LogP contribution in [0.2, 0.25) is 5.02 Å². The van der Waals surface area contributed by atoms with Crippen LogP contribution in [-0.2, 0) is 37.8 Å². The van der Waals surface area contributed by atoms with E-state index in [1.54, 1.807) is 29.4 Å². The molecule has 1 saturated heterocycles. The number of sulfonamides is 2. The van der Waals surface area contributed by atoms with Gasteiger partial charge in [-0.3, -0.25) is 4.79 Å². The molecular formula is C35H48ClN3O7S2. The highest BCUT2D eigenvalue weighted by Gasteiger charge is 2.52. The van der Waals surface area contributed by atoms with Crippen molar-refractivity contribution in [2.75, 3.05) is 43.9 Å². The van der Waals surface area contributed by atoms with E-state index in [4.69, 9.17) is 21.1 Å². The lowest BCUT2D eigenvalue weighted by atomic mass is 9.62. The van der Waals surface area contributed by atoms with Crippen molar-refractivity contribution in [1.82, 2.24) is 9.03 Å². The molecule has 0 aromatic heterocycles. The van der Waals surface area contributed by atoms with Crippen LogP contribution < -0.4 is 14.4 Å². The summed E-state index contributed by atoms with van der Waals surface area (Å²) >= 11 is 6.35. The third-order valence-corrected chi connectivity index (χ3v) is 14.6. The number of anilines is 1. The summed E-state index contributed by atoms with van der Waals surface area (Å²) in [6.07, 6.45) is 7.76.